The second-order valence-corrected chi connectivity index (χ2v) is 7.61. The van der Waals surface area contributed by atoms with Crippen molar-refractivity contribution < 1.29 is 13.7 Å². The Morgan fingerprint density at radius 3 is 2.50 bits per heavy atom. The van der Waals surface area contributed by atoms with E-state index in [-0.39, 0.29) is 35.5 Å². The quantitative estimate of drug-likeness (QED) is 0.486. The van der Waals surface area contributed by atoms with Crippen molar-refractivity contribution in [1.29, 1.82) is 0 Å². The molecule has 32 heavy (non-hydrogen) atoms. The number of pyridine rings is 1. The normalized spacial score (nSPS) is 11.0. The molecule has 2 aromatic carbocycles. The molecule has 4 aromatic rings. The number of carbonyl (C=O) groups excluding carboxylic acids is 1. The molecule has 0 aliphatic heterocycles. The fraction of sp³-hybridized carbons (Fsp3) is 0.167. The van der Waals surface area contributed by atoms with Gasteiger partial charge in [-0.15, -0.1) is 0 Å². The number of halogens is 1. The van der Waals surface area contributed by atoms with Crippen molar-refractivity contribution in [3.8, 4) is 22.8 Å². The van der Waals surface area contributed by atoms with Gasteiger partial charge in [-0.05, 0) is 60.0 Å². The molecule has 1 N–H and O–H groups in total. The molecule has 0 saturated heterocycles. The van der Waals surface area contributed by atoms with Gasteiger partial charge in [-0.1, -0.05) is 31.1 Å². The zero-order chi connectivity index (χ0) is 22.7. The number of aromatic nitrogens is 3. The Morgan fingerprint density at radius 2 is 1.81 bits per heavy atom. The molecule has 4 rings (SSSR count). The van der Waals surface area contributed by atoms with Crippen LogP contribution >= 0.6 is 0 Å². The first kappa shape index (κ1) is 21.2. The highest BCUT2D eigenvalue weighted by atomic mass is 19.1. The molecule has 0 unspecified atom stereocenters. The van der Waals surface area contributed by atoms with Gasteiger partial charge < -0.3 is 14.4 Å². The summed E-state index contributed by atoms with van der Waals surface area (Å²) in [5, 5.41) is 6.66. The minimum atomic E-state index is -0.438. The lowest BCUT2D eigenvalue weighted by Crippen LogP contribution is -2.28. The summed E-state index contributed by atoms with van der Waals surface area (Å²) in [5.74, 6) is -0.0586. The first-order valence-electron chi connectivity index (χ1n) is 10.1. The van der Waals surface area contributed by atoms with Gasteiger partial charge in [0.05, 0.1) is 0 Å². The van der Waals surface area contributed by atoms with Crippen LogP contribution in [0.2, 0.25) is 0 Å². The lowest BCUT2D eigenvalue weighted by Gasteiger charge is -2.10. The number of rotatable bonds is 6. The highest BCUT2D eigenvalue weighted by Crippen LogP contribution is 2.20. The fourth-order valence-corrected chi connectivity index (χ4v) is 3.18. The van der Waals surface area contributed by atoms with Crippen molar-refractivity contribution in [2.24, 2.45) is 0 Å². The van der Waals surface area contributed by atoms with E-state index in [0.717, 1.165) is 0 Å². The van der Waals surface area contributed by atoms with Crippen LogP contribution in [0, 0.1) is 5.82 Å². The topological polar surface area (TPSA) is 90.0 Å². The van der Waals surface area contributed by atoms with E-state index in [1.54, 1.807) is 12.1 Å². The third-order valence-corrected chi connectivity index (χ3v) is 4.95. The predicted molar refractivity (Wildman–Crippen MR) is 119 cm³/mol. The first-order valence-corrected chi connectivity index (χ1v) is 10.1. The Labute approximate surface area is 183 Å². The van der Waals surface area contributed by atoms with Crippen LogP contribution in [0.3, 0.4) is 0 Å². The average molecular weight is 432 g/mol. The smallest absolute Gasteiger partial charge is 0.263 e. The molecule has 0 spiro atoms. The second-order valence-electron chi connectivity index (χ2n) is 7.61. The number of amides is 1. The Bertz CT molecular complexity index is 1290. The van der Waals surface area contributed by atoms with Gasteiger partial charge in [-0.25, -0.2) is 4.39 Å². The maximum Gasteiger partial charge on any atom is 0.263 e. The van der Waals surface area contributed by atoms with Crippen LogP contribution in [0.15, 0.2) is 76.2 Å². The maximum absolute atomic E-state index is 13.1. The van der Waals surface area contributed by atoms with Crippen molar-refractivity contribution in [1.82, 2.24) is 14.7 Å². The van der Waals surface area contributed by atoms with Crippen LogP contribution in [0.5, 0.6) is 0 Å². The lowest BCUT2D eigenvalue weighted by atomic mass is 10.0. The Morgan fingerprint density at radius 1 is 1.09 bits per heavy atom. The van der Waals surface area contributed by atoms with Gasteiger partial charge in [-0.3, -0.25) is 9.59 Å². The van der Waals surface area contributed by atoms with Crippen molar-refractivity contribution in [2.75, 3.05) is 5.32 Å². The van der Waals surface area contributed by atoms with E-state index in [1.807, 2.05) is 24.3 Å². The molecule has 162 valence electrons. The molecule has 1 amide bonds. The lowest BCUT2D eigenvalue weighted by molar-refractivity contribution is -0.116. The molecule has 0 saturated carbocycles. The molecule has 2 heterocycles. The molecule has 0 fully saturated rings. The molecule has 0 radical (unpaired) electrons. The van der Waals surface area contributed by atoms with E-state index in [4.69, 9.17) is 4.52 Å². The van der Waals surface area contributed by atoms with Gasteiger partial charge in [0.15, 0.2) is 0 Å². The molecule has 2 aromatic heterocycles. The monoisotopic (exact) mass is 432 g/mol. The summed E-state index contributed by atoms with van der Waals surface area (Å²) in [6.45, 7) is 4.02. The first-order chi connectivity index (χ1) is 15.4. The summed E-state index contributed by atoms with van der Waals surface area (Å²) in [4.78, 5) is 29.6. The number of hydrogen-bond acceptors (Lipinski definition) is 5. The minimum absolute atomic E-state index is 0.0216. The minimum Gasteiger partial charge on any atom is -0.333 e. The summed E-state index contributed by atoms with van der Waals surface area (Å²) in [5.41, 5.74) is 2.12. The van der Waals surface area contributed by atoms with Crippen LogP contribution in [0.4, 0.5) is 10.1 Å². The number of carbonyl (C=O) groups is 1. The van der Waals surface area contributed by atoms with E-state index < -0.39 is 5.56 Å². The third-order valence-electron chi connectivity index (χ3n) is 4.95. The summed E-state index contributed by atoms with van der Waals surface area (Å²) < 4.78 is 19.6. The number of benzene rings is 2. The van der Waals surface area contributed by atoms with Gasteiger partial charge in [0.2, 0.25) is 11.7 Å². The molecule has 0 atom stereocenters. The van der Waals surface area contributed by atoms with E-state index in [9.17, 15) is 14.0 Å². The standard InChI is InChI=1S/C24H21FN4O3/c1-15(2)16-7-11-19(12-8-16)26-21(30)14-29-13-3-4-20(24(29)31)23-27-22(28-32-23)17-5-9-18(25)10-6-17/h3-13,15H,14H2,1-2H3,(H,26,30). The molecule has 7 nitrogen and oxygen atoms in total. The van der Waals surface area contributed by atoms with Crippen molar-refractivity contribution >= 4 is 11.6 Å². The number of hydrogen-bond donors (Lipinski definition) is 1. The molecule has 0 bridgehead atoms. The van der Waals surface area contributed by atoms with Gasteiger partial charge in [0.1, 0.15) is 17.9 Å². The Hall–Kier alpha value is -4.07. The van der Waals surface area contributed by atoms with E-state index in [0.29, 0.717) is 17.2 Å². The van der Waals surface area contributed by atoms with Crippen molar-refractivity contribution in [2.45, 2.75) is 26.3 Å². The van der Waals surface area contributed by atoms with Crippen LogP contribution < -0.4 is 10.9 Å². The van der Waals surface area contributed by atoms with E-state index >= 15 is 0 Å². The molecule has 0 aliphatic carbocycles. The second kappa shape index (κ2) is 8.97. The van der Waals surface area contributed by atoms with Crippen LogP contribution in [0.1, 0.15) is 25.3 Å². The number of nitrogens with zero attached hydrogens (tertiary/aromatic N) is 3. The van der Waals surface area contributed by atoms with E-state index in [2.05, 4.69) is 29.3 Å². The van der Waals surface area contributed by atoms with Crippen molar-refractivity contribution in [3.63, 3.8) is 0 Å². The molecular weight excluding hydrogens is 411 g/mol. The van der Waals surface area contributed by atoms with Crippen LogP contribution in [-0.2, 0) is 11.3 Å². The Balaban J connectivity index is 1.51. The van der Waals surface area contributed by atoms with Gasteiger partial charge in [0.25, 0.3) is 11.4 Å². The predicted octanol–water partition coefficient (Wildman–Crippen LogP) is 4.47. The summed E-state index contributed by atoms with van der Waals surface area (Å²) in [6, 6.07) is 16.4. The highest BCUT2D eigenvalue weighted by molar-refractivity contribution is 5.90. The average Bonchev–Trinajstić information content (AvgIpc) is 3.26. The van der Waals surface area contributed by atoms with Gasteiger partial charge in [-0.2, -0.15) is 4.98 Å². The number of nitrogens with one attached hydrogen (secondary N) is 1. The van der Waals surface area contributed by atoms with Crippen molar-refractivity contribution in [3.05, 3.63) is 88.6 Å². The number of anilines is 1. The van der Waals surface area contributed by atoms with Crippen LogP contribution in [0.25, 0.3) is 22.8 Å². The summed E-state index contributed by atoms with van der Waals surface area (Å²) >= 11 is 0. The zero-order valence-electron chi connectivity index (χ0n) is 17.6. The van der Waals surface area contributed by atoms with E-state index in [1.165, 1.54) is 40.6 Å². The fourth-order valence-electron chi connectivity index (χ4n) is 3.18. The molecule has 0 aliphatic rings. The maximum atomic E-state index is 13.1. The largest absolute Gasteiger partial charge is 0.333 e. The Kier molecular flexibility index (Phi) is 5.93. The molecule has 8 heteroatoms. The SMILES string of the molecule is CC(C)c1ccc(NC(=O)Cn2cccc(-c3nc(-c4ccc(F)cc4)no3)c2=O)cc1. The third kappa shape index (κ3) is 4.64. The highest BCUT2D eigenvalue weighted by Gasteiger charge is 2.16. The van der Waals surface area contributed by atoms with Gasteiger partial charge in [0, 0.05) is 17.4 Å². The summed E-state index contributed by atoms with van der Waals surface area (Å²) in [6.07, 6.45) is 1.52. The summed E-state index contributed by atoms with van der Waals surface area (Å²) in [7, 11) is 0. The van der Waals surface area contributed by atoms with Gasteiger partial charge >= 0.3 is 0 Å². The zero-order valence-corrected chi connectivity index (χ0v) is 17.6. The van der Waals surface area contributed by atoms with Crippen LogP contribution in [-0.4, -0.2) is 20.6 Å². The molecular formula is C24H21FN4O3.